The molecule has 0 radical (unpaired) electrons. The molecule has 0 aliphatic heterocycles. The Balaban J connectivity index is 2.39. The highest BCUT2D eigenvalue weighted by molar-refractivity contribution is 5.93. The second kappa shape index (κ2) is 7.76. The Kier molecular flexibility index (Phi) is 6.32. The summed E-state index contributed by atoms with van der Waals surface area (Å²) in [5.74, 6) is 0.628. The van der Waals surface area contributed by atoms with Crippen molar-refractivity contribution in [1.82, 2.24) is 5.32 Å². The van der Waals surface area contributed by atoms with Gasteiger partial charge < -0.3 is 20.5 Å². The number of carbonyl (C=O) groups excluding carboxylic acids is 1. The Morgan fingerprint density at radius 1 is 1.37 bits per heavy atom. The highest BCUT2D eigenvalue weighted by Gasteiger charge is 2.10. The van der Waals surface area contributed by atoms with Crippen LogP contribution in [0.3, 0.4) is 0 Å². The lowest BCUT2D eigenvalue weighted by atomic mass is 10.1. The van der Waals surface area contributed by atoms with Gasteiger partial charge in [-0.15, -0.1) is 0 Å². The Hall–Kier alpha value is -1.59. The molecule has 5 nitrogen and oxygen atoms in total. The molecule has 0 aromatic heterocycles. The maximum absolute atomic E-state index is 11.7. The lowest BCUT2D eigenvalue weighted by Gasteiger charge is -2.15. The van der Waals surface area contributed by atoms with Crippen LogP contribution in [0.1, 0.15) is 13.8 Å². The van der Waals surface area contributed by atoms with E-state index in [-0.39, 0.29) is 18.4 Å². The maximum Gasteiger partial charge on any atom is 0.238 e. The fourth-order valence-electron chi connectivity index (χ4n) is 1.51. The normalized spacial score (nSPS) is 12.3. The lowest BCUT2D eigenvalue weighted by molar-refractivity contribution is -0.115. The molecule has 1 rings (SSSR count). The minimum atomic E-state index is -0.445. The van der Waals surface area contributed by atoms with E-state index in [1.54, 1.807) is 19.2 Å². The van der Waals surface area contributed by atoms with Crippen LogP contribution in [0, 0.1) is 5.92 Å². The summed E-state index contributed by atoms with van der Waals surface area (Å²) in [5, 5.41) is 15.3. The first-order chi connectivity index (χ1) is 9.04. The fourth-order valence-corrected chi connectivity index (χ4v) is 1.51. The molecule has 1 aromatic rings. The molecule has 5 heteroatoms. The predicted octanol–water partition coefficient (Wildman–Crippen LogP) is 1.24. The summed E-state index contributed by atoms with van der Waals surface area (Å²) < 4.78 is 5.15. The third kappa shape index (κ3) is 5.28. The summed E-state index contributed by atoms with van der Waals surface area (Å²) in [6.07, 6.45) is -0.445. The molecule has 0 aliphatic carbocycles. The Morgan fingerprint density at radius 3 is 2.68 bits per heavy atom. The van der Waals surface area contributed by atoms with Crippen LogP contribution in [0.4, 0.5) is 5.69 Å². The molecule has 1 aromatic carbocycles. The molecule has 1 atom stereocenters. The summed E-state index contributed by atoms with van der Waals surface area (Å²) >= 11 is 0. The van der Waals surface area contributed by atoms with Gasteiger partial charge in [-0.25, -0.2) is 0 Å². The highest BCUT2D eigenvalue weighted by atomic mass is 16.5. The van der Waals surface area contributed by atoms with Gasteiger partial charge in [-0.3, -0.25) is 4.79 Å². The van der Waals surface area contributed by atoms with Crippen LogP contribution in [-0.4, -0.2) is 37.3 Å². The topological polar surface area (TPSA) is 70.6 Å². The van der Waals surface area contributed by atoms with Gasteiger partial charge in [0.2, 0.25) is 5.91 Å². The van der Waals surface area contributed by atoms with Gasteiger partial charge >= 0.3 is 0 Å². The molecule has 0 heterocycles. The van der Waals surface area contributed by atoms with Crippen molar-refractivity contribution in [1.29, 1.82) is 0 Å². The minimum absolute atomic E-state index is 0.155. The maximum atomic E-state index is 11.7. The average molecular weight is 266 g/mol. The number of nitrogens with one attached hydrogen (secondary N) is 2. The van der Waals surface area contributed by atoms with Crippen molar-refractivity contribution in [3.05, 3.63) is 24.3 Å². The van der Waals surface area contributed by atoms with E-state index in [9.17, 15) is 9.90 Å². The average Bonchev–Trinajstić information content (AvgIpc) is 2.39. The summed E-state index contributed by atoms with van der Waals surface area (Å²) in [4.78, 5) is 11.7. The van der Waals surface area contributed by atoms with E-state index in [0.717, 1.165) is 0 Å². The van der Waals surface area contributed by atoms with E-state index in [0.29, 0.717) is 18.0 Å². The van der Waals surface area contributed by atoms with Crippen molar-refractivity contribution in [3.63, 3.8) is 0 Å². The van der Waals surface area contributed by atoms with Crippen LogP contribution in [0.25, 0.3) is 0 Å². The molecule has 19 heavy (non-hydrogen) atoms. The Labute approximate surface area is 114 Å². The number of aliphatic hydroxyl groups excluding tert-OH is 1. The molecule has 0 fully saturated rings. The number of hydrogen-bond donors (Lipinski definition) is 3. The van der Waals surface area contributed by atoms with E-state index in [1.165, 1.54) is 0 Å². The molecular weight excluding hydrogens is 244 g/mol. The molecule has 1 amide bonds. The zero-order valence-corrected chi connectivity index (χ0v) is 11.6. The van der Waals surface area contributed by atoms with E-state index in [1.807, 2.05) is 26.0 Å². The summed E-state index contributed by atoms with van der Waals surface area (Å²) in [6, 6.07) is 7.23. The highest BCUT2D eigenvalue weighted by Crippen LogP contribution is 2.22. The Morgan fingerprint density at radius 2 is 2.05 bits per heavy atom. The predicted molar refractivity (Wildman–Crippen MR) is 75.3 cm³/mol. The number of benzene rings is 1. The monoisotopic (exact) mass is 266 g/mol. The standard InChI is InChI=1S/C14H22N2O3/c1-10(2)12(17)8-15-9-14(18)16-11-6-4-5-7-13(11)19-3/h4-7,10,12,15,17H,8-9H2,1-3H3,(H,16,18). The van der Waals surface area contributed by atoms with Crippen LogP contribution in [-0.2, 0) is 4.79 Å². The van der Waals surface area contributed by atoms with Crippen LogP contribution >= 0.6 is 0 Å². The number of aliphatic hydroxyl groups is 1. The van der Waals surface area contributed by atoms with Crippen molar-refractivity contribution in [2.75, 3.05) is 25.5 Å². The van der Waals surface area contributed by atoms with Crippen molar-refractivity contribution < 1.29 is 14.6 Å². The number of methoxy groups -OCH3 is 1. The van der Waals surface area contributed by atoms with Crippen molar-refractivity contribution in [3.8, 4) is 5.75 Å². The first-order valence-electron chi connectivity index (χ1n) is 6.36. The van der Waals surface area contributed by atoms with Crippen molar-refractivity contribution in [2.24, 2.45) is 5.92 Å². The molecular formula is C14H22N2O3. The molecule has 106 valence electrons. The second-order valence-corrected chi connectivity index (χ2v) is 4.69. The largest absolute Gasteiger partial charge is 0.495 e. The van der Waals surface area contributed by atoms with Gasteiger partial charge in [0, 0.05) is 6.54 Å². The second-order valence-electron chi connectivity index (χ2n) is 4.69. The van der Waals surface area contributed by atoms with Crippen LogP contribution in [0.5, 0.6) is 5.75 Å². The number of anilines is 1. The number of hydrogen-bond acceptors (Lipinski definition) is 4. The first-order valence-corrected chi connectivity index (χ1v) is 6.36. The van der Waals surface area contributed by atoms with Gasteiger partial charge in [0.05, 0.1) is 25.4 Å². The van der Waals surface area contributed by atoms with Gasteiger partial charge in [-0.1, -0.05) is 26.0 Å². The fraction of sp³-hybridized carbons (Fsp3) is 0.500. The van der Waals surface area contributed by atoms with Crippen molar-refractivity contribution in [2.45, 2.75) is 20.0 Å². The van der Waals surface area contributed by atoms with E-state index >= 15 is 0 Å². The molecule has 0 spiro atoms. The van der Waals surface area contributed by atoms with Crippen LogP contribution < -0.4 is 15.4 Å². The quantitative estimate of drug-likeness (QED) is 0.694. The molecule has 0 saturated carbocycles. The summed E-state index contributed by atoms with van der Waals surface area (Å²) in [6.45, 7) is 4.42. The van der Waals surface area contributed by atoms with Crippen LogP contribution in [0.15, 0.2) is 24.3 Å². The zero-order valence-electron chi connectivity index (χ0n) is 11.6. The smallest absolute Gasteiger partial charge is 0.238 e. The van der Waals surface area contributed by atoms with Gasteiger partial charge in [-0.05, 0) is 18.1 Å². The number of amides is 1. The number of rotatable bonds is 7. The van der Waals surface area contributed by atoms with E-state index in [4.69, 9.17) is 4.74 Å². The summed E-state index contributed by atoms with van der Waals surface area (Å²) in [5.41, 5.74) is 0.640. The third-order valence-corrected chi connectivity index (χ3v) is 2.79. The van der Waals surface area contributed by atoms with Gasteiger partial charge in [0.15, 0.2) is 0 Å². The molecule has 1 unspecified atom stereocenters. The molecule has 3 N–H and O–H groups in total. The first kappa shape index (κ1) is 15.5. The van der Waals surface area contributed by atoms with E-state index in [2.05, 4.69) is 10.6 Å². The number of ether oxygens (including phenoxy) is 1. The third-order valence-electron chi connectivity index (χ3n) is 2.79. The zero-order chi connectivity index (χ0) is 14.3. The molecule has 0 bridgehead atoms. The Bertz CT molecular complexity index is 407. The van der Waals surface area contributed by atoms with E-state index < -0.39 is 6.10 Å². The van der Waals surface area contributed by atoms with Gasteiger partial charge in [0.25, 0.3) is 0 Å². The van der Waals surface area contributed by atoms with Crippen LogP contribution in [0.2, 0.25) is 0 Å². The minimum Gasteiger partial charge on any atom is -0.495 e. The van der Waals surface area contributed by atoms with Crippen molar-refractivity contribution >= 4 is 11.6 Å². The van der Waals surface area contributed by atoms with Gasteiger partial charge in [0.1, 0.15) is 5.75 Å². The number of carbonyl (C=O) groups is 1. The lowest BCUT2D eigenvalue weighted by Crippen LogP contribution is -2.35. The number of para-hydroxylation sites is 2. The SMILES string of the molecule is COc1ccccc1NC(=O)CNCC(O)C(C)C. The van der Waals surface area contributed by atoms with Gasteiger partial charge in [-0.2, -0.15) is 0 Å². The molecule has 0 aliphatic rings. The summed E-state index contributed by atoms with van der Waals surface area (Å²) in [7, 11) is 1.56. The molecule has 0 saturated heterocycles.